The Labute approximate surface area is 123 Å². The Bertz CT molecular complexity index is 637. The maximum atomic E-state index is 12.0. The average Bonchev–Trinajstić information content (AvgIpc) is 2.47. The lowest BCUT2D eigenvalue weighted by atomic mass is 10.3. The van der Waals surface area contributed by atoms with E-state index in [-0.39, 0.29) is 5.56 Å². The minimum atomic E-state index is -0.108. The highest BCUT2D eigenvalue weighted by atomic mass is 16.5. The van der Waals surface area contributed by atoms with E-state index in [1.54, 1.807) is 22.9 Å². The summed E-state index contributed by atoms with van der Waals surface area (Å²) in [5, 5.41) is 0. The number of rotatable bonds is 7. The van der Waals surface area contributed by atoms with Crippen LogP contribution in [0.5, 0.6) is 11.5 Å². The van der Waals surface area contributed by atoms with E-state index < -0.39 is 0 Å². The van der Waals surface area contributed by atoms with Crippen molar-refractivity contribution >= 4 is 5.69 Å². The first kappa shape index (κ1) is 15.0. The van der Waals surface area contributed by atoms with Crippen LogP contribution in [-0.4, -0.2) is 17.8 Å². The first-order valence-electron chi connectivity index (χ1n) is 7.01. The molecule has 0 aliphatic carbocycles. The first-order chi connectivity index (χ1) is 10.2. The molecule has 0 radical (unpaired) electrons. The van der Waals surface area contributed by atoms with Gasteiger partial charge in [-0.05, 0) is 37.6 Å². The zero-order valence-electron chi connectivity index (χ0n) is 12.1. The van der Waals surface area contributed by atoms with E-state index in [0.29, 0.717) is 31.2 Å². The molecule has 5 nitrogen and oxygen atoms in total. The number of nitrogen functional groups attached to an aromatic ring is 1. The zero-order chi connectivity index (χ0) is 15.1. The molecule has 1 aromatic carbocycles. The molecule has 2 rings (SSSR count). The minimum Gasteiger partial charge on any atom is -0.493 e. The summed E-state index contributed by atoms with van der Waals surface area (Å²) in [5.41, 5.74) is 6.25. The number of hydrogen-bond acceptors (Lipinski definition) is 4. The van der Waals surface area contributed by atoms with Gasteiger partial charge in [-0.25, -0.2) is 0 Å². The topological polar surface area (TPSA) is 66.5 Å². The van der Waals surface area contributed by atoms with E-state index in [1.165, 1.54) is 0 Å². The van der Waals surface area contributed by atoms with Crippen LogP contribution in [0.3, 0.4) is 0 Å². The Hall–Kier alpha value is -2.43. The fourth-order valence-corrected chi connectivity index (χ4v) is 1.99. The molecule has 0 atom stereocenters. The summed E-state index contributed by atoms with van der Waals surface area (Å²) in [6.45, 7) is 3.45. The summed E-state index contributed by atoms with van der Waals surface area (Å²) >= 11 is 0. The normalized spacial score (nSPS) is 10.3. The van der Waals surface area contributed by atoms with Crippen LogP contribution in [0.15, 0.2) is 47.4 Å². The molecule has 1 heterocycles. The van der Waals surface area contributed by atoms with Crippen LogP contribution in [0.4, 0.5) is 5.69 Å². The van der Waals surface area contributed by atoms with E-state index in [9.17, 15) is 4.79 Å². The summed E-state index contributed by atoms with van der Waals surface area (Å²) in [4.78, 5) is 12.0. The van der Waals surface area contributed by atoms with Gasteiger partial charge in [0.05, 0.1) is 13.2 Å². The maximum Gasteiger partial charge on any atom is 0.292 e. The number of anilines is 1. The number of hydrogen-bond donors (Lipinski definition) is 1. The molecule has 0 bridgehead atoms. The molecule has 0 amide bonds. The van der Waals surface area contributed by atoms with Gasteiger partial charge < -0.3 is 19.8 Å². The van der Waals surface area contributed by atoms with Gasteiger partial charge in [0.15, 0.2) is 5.75 Å². The number of aryl methyl sites for hydroxylation is 1. The standard InChI is InChI=1S/C16H20N2O3/c1-2-20-15-8-4-9-18(16(15)19)10-5-11-21-14-7-3-6-13(17)12-14/h3-4,6-9,12H,2,5,10-11,17H2,1H3. The molecule has 0 spiro atoms. The maximum absolute atomic E-state index is 12.0. The van der Waals surface area contributed by atoms with Crippen LogP contribution >= 0.6 is 0 Å². The SMILES string of the molecule is CCOc1cccn(CCCOc2cccc(N)c2)c1=O. The number of aromatic nitrogens is 1. The summed E-state index contributed by atoms with van der Waals surface area (Å²) in [6.07, 6.45) is 2.48. The van der Waals surface area contributed by atoms with Crippen LogP contribution in [0.2, 0.25) is 0 Å². The van der Waals surface area contributed by atoms with Crippen LogP contribution < -0.4 is 20.8 Å². The Kier molecular flexibility index (Phi) is 5.26. The lowest BCUT2D eigenvalue weighted by molar-refractivity contribution is 0.298. The highest BCUT2D eigenvalue weighted by molar-refractivity contribution is 5.43. The second-order valence-electron chi connectivity index (χ2n) is 4.58. The van der Waals surface area contributed by atoms with Gasteiger partial charge in [-0.15, -0.1) is 0 Å². The number of nitrogens with zero attached hydrogens (tertiary/aromatic N) is 1. The van der Waals surface area contributed by atoms with Gasteiger partial charge in [-0.3, -0.25) is 4.79 Å². The molecule has 2 aromatic rings. The molecule has 0 aliphatic heterocycles. The van der Waals surface area contributed by atoms with Gasteiger partial charge in [0, 0.05) is 24.5 Å². The molecule has 0 saturated carbocycles. The lowest BCUT2D eigenvalue weighted by Crippen LogP contribution is -2.22. The third-order valence-electron chi connectivity index (χ3n) is 2.96. The highest BCUT2D eigenvalue weighted by Gasteiger charge is 2.03. The Balaban J connectivity index is 1.86. The predicted molar refractivity (Wildman–Crippen MR) is 82.8 cm³/mol. The molecule has 1 aromatic heterocycles. The fraction of sp³-hybridized carbons (Fsp3) is 0.312. The quantitative estimate of drug-likeness (QED) is 0.627. The van der Waals surface area contributed by atoms with Crippen molar-refractivity contribution in [2.24, 2.45) is 0 Å². The van der Waals surface area contributed by atoms with Crippen molar-refractivity contribution in [1.29, 1.82) is 0 Å². The molecular weight excluding hydrogens is 268 g/mol. The minimum absolute atomic E-state index is 0.108. The third-order valence-corrected chi connectivity index (χ3v) is 2.96. The van der Waals surface area contributed by atoms with E-state index in [1.807, 2.05) is 31.2 Å². The summed E-state index contributed by atoms with van der Waals surface area (Å²) < 4.78 is 12.5. The monoisotopic (exact) mass is 288 g/mol. The fourth-order valence-electron chi connectivity index (χ4n) is 1.99. The summed E-state index contributed by atoms with van der Waals surface area (Å²) in [6, 6.07) is 10.8. The smallest absolute Gasteiger partial charge is 0.292 e. The van der Waals surface area contributed by atoms with Crippen molar-refractivity contribution in [3.05, 3.63) is 52.9 Å². The summed E-state index contributed by atoms with van der Waals surface area (Å²) in [5.74, 6) is 1.13. The number of nitrogens with two attached hydrogens (primary N) is 1. The molecule has 21 heavy (non-hydrogen) atoms. The van der Waals surface area contributed by atoms with Crippen LogP contribution in [0.25, 0.3) is 0 Å². The van der Waals surface area contributed by atoms with Crippen LogP contribution in [0, 0.1) is 0 Å². The van der Waals surface area contributed by atoms with Crippen LogP contribution in [-0.2, 0) is 6.54 Å². The summed E-state index contributed by atoms with van der Waals surface area (Å²) in [7, 11) is 0. The van der Waals surface area contributed by atoms with Gasteiger partial charge in [0.25, 0.3) is 5.56 Å². The first-order valence-corrected chi connectivity index (χ1v) is 7.01. The van der Waals surface area contributed by atoms with Crippen molar-refractivity contribution in [3.63, 3.8) is 0 Å². The van der Waals surface area contributed by atoms with Gasteiger partial charge in [-0.1, -0.05) is 6.07 Å². The van der Waals surface area contributed by atoms with Gasteiger partial charge >= 0.3 is 0 Å². The molecule has 2 N–H and O–H groups in total. The van der Waals surface area contributed by atoms with Gasteiger partial charge in [-0.2, -0.15) is 0 Å². The number of ether oxygens (including phenoxy) is 2. The zero-order valence-corrected chi connectivity index (χ0v) is 12.1. The average molecular weight is 288 g/mol. The Morgan fingerprint density at radius 3 is 2.81 bits per heavy atom. The molecule has 0 saturated heterocycles. The van der Waals surface area contributed by atoms with E-state index >= 15 is 0 Å². The molecule has 0 aliphatic rings. The number of pyridine rings is 1. The van der Waals surface area contributed by atoms with Crippen molar-refractivity contribution in [2.45, 2.75) is 19.9 Å². The molecule has 0 unspecified atom stereocenters. The van der Waals surface area contributed by atoms with E-state index in [4.69, 9.17) is 15.2 Å². The molecule has 5 heteroatoms. The second-order valence-corrected chi connectivity index (χ2v) is 4.58. The van der Waals surface area contributed by atoms with Crippen molar-refractivity contribution in [3.8, 4) is 11.5 Å². The molecular formula is C16H20N2O3. The Morgan fingerprint density at radius 1 is 1.19 bits per heavy atom. The lowest BCUT2D eigenvalue weighted by Gasteiger charge is -2.09. The molecule has 0 fully saturated rings. The van der Waals surface area contributed by atoms with Gasteiger partial charge in [0.2, 0.25) is 0 Å². The van der Waals surface area contributed by atoms with Crippen molar-refractivity contribution in [2.75, 3.05) is 18.9 Å². The molecule has 112 valence electrons. The number of benzene rings is 1. The van der Waals surface area contributed by atoms with E-state index in [2.05, 4.69) is 0 Å². The van der Waals surface area contributed by atoms with Gasteiger partial charge in [0.1, 0.15) is 5.75 Å². The van der Waals surface area contributed by atoms with Crippen molar-refractivity contribution in [1.82, 2.24) is 4.57 Å². The highest BCUT2D eigenvalue weighted by Crippen LogP contribution is 2.14. The predicted octanol–water partition coefficient (Wildman–Crippen LogP) is 2.30. The van der Waals surface area contributed by atoms with E-state index in [0.717, 1.165) is 12.2 Å². The second kappa shape index (κ2) is 7.38. The van der Waals surface area contributed by atoms with Crippen molar-refractivity contribution < 1.29 is 9.47 Å². The van der Waals surface area contributed by atoms with Crippen LogP contribution in [0.1, 0.15) is 13.3 Å². The largest absolute Gasteiger partial charge is 0.493 e. The third kappa shape index (κ3) is 4.27. The Morgan fingerprint density at radius 2 is 2.05 bits per heavy atom.